The van der Waals surface area contributed by atoms with E-state index in [0.29, 0.717) is 0 Å². The van der Waals surface area contributed by atoms with Crippen molar-refractivity contribution in [3.63, 3.8) is 0 Å². The summed E-state index contributed by atoms with van der Waals surface area (Å²) in [4.78, 5) is 0. The van der Waals surface area contributed by atoms with Crippen LogP contribution in [0.3, 0.4) is 0 Å². The smallest absolute Gasteiger partial charge is 0.114 e. The van der Waals surface area contributed by atoms with Crippen LogP contribution in [0.5, 0.6) is 0 Å². The monoisotopic (exact) mass is 566 g/mol. The van der Waals surface area contributed by atoms with E-state index in [1.807, 2.05) is 0 Å². The summed E-state index contributed by atoms with van der Waals surface area (Å²) in [7, 11) is 0. The Labute approximate surface area is 232 Å². The van der Waals surface area contributed by atoms with Crippen molar-refractivity contribution in [2.24, 2.45) is 0 Å². The van der Waals surface area contributed by atoms with E-state index in [2.05, 4.69) is 19.7 Å². The lowest BCUT2D eigenvalue weighted by molar-refractivity contribution is -0.183. The Hall–Kier alpha value is -1.26. The Morgan fingerprint density at radius 1 is 0.564 bits per heavy atom. The van der Waals surface area contributed by atoms with Gasteiger partial charge in [0.15, 0.2) is 0 Å². The molecule has 0 aromatic carbocycles. The molecule has 7 atom stereocenters. The Morgan fingerprint density at radius 3 is 1.36 bits per heavy atom. The van der Waals surface area contributed by atoms with Gasteiger partial charge in [0.25, 0.3) is 0 Å². The minimum atomic E-state index is -1.56. The summed E-state index contributed by atoms with van der Waals surface area (Å²) in [5, 5.41) is 61.2. The molecule has 0 rings (SSSR count). The molecule has 0 bridgehead atoms. The predicted molar refractivity (Wildman–Crippen MR) is 144 cm³/mol. The molecular formula is C27H50O12. The van der Waals surface area contributed by atoms with Gasteiger partial charge in [-0.3, -0.25) is 0 Å². The van der Waals surface area contributed by atoms with Crippen molar-refractivity contribution in [3.8, 4) is 0 Å². The van der Waals surface area contributed by atoms with E-state index in [-0.39, 0.29) is 66.1 Å². The Kier molecular flexibility index (Phi) is 21.7. The molecule has 0 saturated heterocycles. The summed E-state index contributed by atoms with van der Waals surface area (Å²) in [5.41, 5.74) is 2.35. The van der Waals surface area contributed by atoms with E-state index in [0.717, 1.165) is 16.7 Å². The van der Waals surface area contributed by atoms with Crippen LogP contribution in [0.4, 0.5) is 0 Å². The highest BCUT2D eigenvalue weighted by Crippen LogP contribution is 2.15. The third-order valence-corrected chi connectivity index (χ3v) is 4.84. The largest absolute Gasteiger partial charge is 0.394 e. The van der Waals surface area contributed by atoms with Crippen molar-refractivity contribution in [3.05, 3.63) is 36.5 Å². The molecule has 6 N–H and O–H groups in total. The summed E-state index contributed by atoms with van der Waals surface area (Å²) >= 11 is 0. The molecule has 0 radical (unpaired) electrons. The molecule has 0 aliphatic heterocycles. The van der Waals surface area contributed by atoms with Crippen molar-refractivity contribution >= 4 is 0 Å². The highest BCUT2D eigenvalue weighted by Gasteiger charge is 2.35. The average Bonchev–Trinajstić information content (AvgIpc) is 2.85. The maximum Gasteiger partial charge on any atom is 0.114 e. The van der Waals surface area contributed by atoms with Crippen LogP contribution >= 0.6 is 0 Å². The fraction of sp³-hybridized carbons (Fsp3) is 0.778. The molecule has 0 aliphatic rings. The molecular weight excluding hydrogens is 516 g/mol. The summed E-state index contributed by atoms with van der Waals surface area (Å²) in [6.07, 6.45) is -8.73. The molecule has 230 valence electrons. The van der Waals surface area contributed by atoms with Gasteiger partial charge in [0.1, 0.15) is 42.7 Å². The second-order valence-corrected chi connectivity index (χ2v) is 9.83. The number of aliphatic hydroxyl groups is 6. The van der Waals surface area contributed by atoms with Gasteiger partial charge in [-0.25, -0.2) is 0 Å². The Morgan fingerprint density at radius 2 is 0.949 bits per heavy atom. The lowest BCUT2D eigenvalue weighted by atomic mass is 10.0. The van der Waals surface area contributed by atoms with Gasteiger partial charge in [0, 0.05) is 0 Å². The SMILES string of the molecule is C=C(C)COCC(O)COCC(OCC(O)COCC(=C)C)C(O)C(OCC(O)COCC(=C)C)C(O)CO. The topological polar surface area (TPSA) is 177 Å². The number of hydrogen-bond acceptors (Lipinski definition) is 12. The molecule has 0 aromatic rings. The average molecular weight is 567 g/mol. The van der Waals surface area contributed by atoms with E-state index >= 15 is 0 Å². The molecule has 39 heavy (non-hydrogen) atoms. The minimum Gasteiger partial charge on any atom is -0.394 e. The standard InChI is InChI=1S/C27H50O12/c1-18(2)8-34-11-21(29)12-37-17-25(38-15-22(30)13-35-9-19(3)4)26(33)27(24(32)7-28)39-16-23(31)14-36-10-20(5)6/h21-33H,1,3,5,7-17H2,2,4,6H3. The molecule has 0 amide bonds. The molecule has 0 aliphatic carbocycles. The highest BCUT2D eigenvalue weighted by atomic mass is 16.6. The lowest BCUT2D eigenvalue weighted by Gasteiger charge is -2.33. The molecule has 0 saturated carbocycles. The molecule has 12 nitrogen and oxygen atoms in total. The summed E-state index contributed by atoms with van der Waals surface area (Å²) in [6.45, 7) is 15.4. The molecule has 0 aromatic heterocycles. The summed E-state index contributed by atoms with van der Waals surface area (Å²) in [5.74, 6) is 0. The first-order chi connectivity index (χ1) is 18.4. The quantitative estimate of drug-likeness (QED) is 0.0731. The normalized spacial score (nSPS) is 17.2. The van der Waals surface area contributed by atoms with Crippen molar-refractivity contribution < 1.29 is 59.1 Å². The van der Waals surface area contributed by atoms with E-state index in [1.54, 1.807) is 20.8 Å². The Bertz CT molecular complexity index is 673. The highest BCUT2D eigenvalue weighted by molar-refractivity contribution is 4.89. The zero-order valence-electron chi connectivity index (χ0n) is 23.6. The van der Waals surface area contributed by atoms with Gasteiger partial charge < -0.3 is 59.1 Å². The maximum absolute atomic E-state index is 11.0. The van der Waals surface area contributed by atoms with E-state index in [9.17, 15) is 30.6 Å². The predicted octanol–water partition coefficient (Wildman–Crippen LogP) is -0.652. The third-order valence-electron chi connectivity index (χ3n) is 4.84. The van der Waals surface area contributed by atoms with Crippen molar-refractivity contribution in [2.75, 3.05) is 72.7 Å². The third kappa shape index (κ3) is 20.3. The lowest BCUT2D eigenvalue weighted by Crippen LogP contribution is -2.51. The van der Waals surface area contributed by atoms with Gasteiger partial charge in [-0.15, -0.1) is 0 Å². The fourth-order valence-electron chi connectivity index (χ4n) is 3.03. The van der Waals surface area contributed by atoms with Crippen LogP contribution < -0.4 is 0 Å². The van der Waals surface area contributed by atoms with Gasteiger partial charge in [-0.1, -0.05) is 36.5 Å². The number of ether oxygens (including phenoxy) is 6. The van der Waals surface area contributed by atoms with Crippen LogP contribution in [0, 0.1) is 0 Å². The second-order valence-electron chi connectivity index (χ2n) is 9.83. The van der Waals surface area contributed by atoms with Gasteiger partial charge in [-0.2, -0.15) is 0 Å². The molecule has 0 fully saturated rings. The number of rotatable bonds is 26. The molecule has 0 spiro atoms. The first-order valence-corrected chi connectivity index (χ1v) is 12.9. The minimum absolute atomic E-state index is 0.0000108. The number of aliphatic hydroxyl groups excluding tert-OH is 6. The van der Waals surface area contributed by atoms with Crippen LogP contribution in [-0.2, 0) is 28.4 Å². The first-order valence-electron chi connectivity index (χ1n) is 12.9. The van der Waals surface area contributed by atoms with E-state index < -0.39 is 49.3 Å². The zero-order chi connectivity index (χ0) is 29.8. The van der Waals surface area contributed by atoms with Gasteiger partial charge >= 0.3 is 0 Å². The summed E-state index contributed by atoms with van der Waals surface area (Å²) < 4.78 is 32.6. The van der Waals surface area contributed by atoms with Crippen molar-refractivity contribution in [1.29, 1.82) is 0 Å². The maximum atomic E-state index is 11.0. The Balaban J connectivity index is 5.19. The fourth-order valence-corrected chi connectivity index (χ4v) is 3.03. The second kappa shape index (κ2) is 22.4. The van der Waals surface area contributed by atoms with Gasteiger partial charge in [0.2, 0.25) is 0 Å². The van der Waals surface area contributed by atoms with Crippen LogP contribution in [0.1, 0.15) is 20.8 Å². The van der Waals surface area contributed by atoms with Crippen molar-refractivity contribution in [1.82, 2.24) is 0 Å². The van der Waals surface area contributed by atoms with Crippen LogP contribution in [0.25, 0.3) is 0 Å². The van der Waals surface area contributed by atoms with Crippen molar-refractivity contribution in [2.45, 2.75) is 63.5 Å². The van der Waals surface area contributed by atoms with Gasteiger partial charge in [-0.05, 0) is 20.8 Å². The first kappa shape index (κ1) is 37.7. The molecule has 0 heterocycles. The number of hydrogen-bond donors (Lipinski definition) is 6. The molecule has 12 heteroatoms. The molecule has 7 unspecified atom stereocenters. The summed E-state index contributed by atoms with van der Waals surface area (Å²) in [6, 6.07) is 0. The van der Waals surface area contributed by atoms with E-state index in [1.165, 1.54) is 0 Å². The van der Waals surface area contributed by atoms with Crippen LogP contribution in [0.15, 0.2) is 36.5 Å². The van der Waals surface area contributed by atoms with Crippen LogP contribution in [-0.4, -0.2) is 146 Å². The van der Waals surface area contributed by atoms with E-state index in [4.69, 9.17) is 28.4 Å². The van der Waals surface area contributed by atoms with Gasteiger partial charge in [0.05, 0.1) is 72.7 Å². The zero-order valence-corrected chi connectivity index (χ0v) is 23.6. The van der Waals surface area contributed by atoms with Crippen LogP contribution in [0.2, 0.25) is 0 Å².